The van der Waals surface area contributed by atoms with Crippen molar-refractivity contribution in [3.05, 3.63) is 66.2 Å². The van der Waals surface area contributed by atoms with Gasteiger partial charge in [0.05, 0.1) is 20.4 Å². The van der Waals surface area contributed by atoms with Crippen molar-refractivity contribution in [2.24, 2.45) is 5.10 Å². The first kappa shape index (κ1) is 17.5. The first-order valence-electron chi connectivity index (χ1n) is 8.58. The van der Waals surface area contributed by atoms with Crippen LogP contribution in [0.2, 0.25) is 0 Å². The lowest BCUT2D eigenvalue weighted by Crippen LogP contribution is -2.02. The van der Waals surface area contributed by atoms with E-state index in [1.54, 1.807) is 20.4 Å². The first-order chi connectivity index (χ1) is 13.8. The Morgan fingerprint density at radius 1 is 0.964 bits per heavy atom. The third kappa shape index (κ3) is 3.48. The predicted molar refractivity (Wildman–Crippen MR) is 108 cm³/mol. The number of methoxy groups -OCH3 is 2. The summed E-state index contributed by atoms with van der Waals surface area (Å²) in [5.41, 5.74) is 1.72. The van der Waals surface area contributed by atoms with Crippen LogP contribution in [0.15, 0.2) is 65.8 Å². The van der Waals surface area contributed by atoms with Crippen molar-refractivity contribution in [3.8, 4) is 11.5 Å². The van der Waals surface area contributed by atoms with Gasteiger partial charge in [0.2, 0.25) is 0 Å². The maximum Gasteiger partial charge on any atom is 0.269 e. The van der Waals surface area contributed by atoms with E-state index < -0.39 is 0 Å². The van der Waals surface area contributed by atoms with Gasteiger partial charge in [0.15, 0.2) is 11.5 Å². The van der Waals surface area contributed by atoms with Crippen LogP contribution in [0.25, 0.3) is 10.8 Å². The van der Waals surface area contributed by atoms with Crippen LogP contribution in [-0.2, 0) is 0 Å². The minimum absolute atomic E-state index is 0.410. The fourth-order valence-corrected chi connectivity index (χ4v) is 2.84. The first-order valence-corrected chi connectivity index (χ1v) is 8.58. The third-order valence-corrected chi connectivity index (χ3v) is 4.21. The Morgan fingerprint density at radius 2 is 1.79 bits per heavy atom. The summed E-state index contributed by atoms with van der Waals surface area (Å²) in [5.74, 6) is 1.69. The summed E-state index contributed by atoms with van der Waals surface area (Å²) in [5, 5.41) is 21.4. The normalized spacial score (nSPS) is 11.1. The molecule has 0 unspecified atom stereocenters. The molecular formula is C20H18N6O2. The van der Waals surface area contributed by atoms with Crippen LogP contribution in [0.5, 0.6) is 11.5 Å². The number of rotatable bonds is 6. The molecule has 0 amide bonds. The SMILES string of the molecule is COc1ccc(C=Nn2nnnc2Nc2cccc3ccccc23)cc1OC. The van der Waals surface area contributed by atoms with E-state index >= 15 is 0 Å². The number of nitrogens with one attached hydrogen (secondary N) is 1. The van der Waals surface area contributed by atoms with Gasteiger partial charge in [0, 0.05) is 11.1 Å². The van der Waals surface area contributed by atoms with Gasteiger partial charge in [-0.2, -0.15) is 5.10 Å². The molecule has 0 saturated heterocycles. The van der Waals surface area contributed by atoms with E-state index in [9.17, 15) is 0 Å². The number of fused-ring (bicyclic) bond motifs is 1. The van der Waals surface area contributed by atoms with Crippen molar-refractivity contribution < 1.29 is 9.47 Å². The molecule has 3 aromatic carbocycles. The molecule has 8 heteroatoms. The number of hydrogen-bond donors (Lipinski definition) is 1. The molecule has 1 aromatic heterocycles. The van der Waals surface area contributed by atoms with Gasteiger partial charge in [0.1, 0.15) is 0 Å². The lowest BCUT2D eigenvalue weighted by Gasteiger charge is -2.08. The Balaban J connectivity index is 1.60. The van der Waals surface area contributed by atoms with E-state index in [1.165, 1.54) is 4.79 Å². The summed E-state index contributed by atoms with van der Waals surface area (Å²) in [6.07, 6.45) is 1.65. The van der Waals surface area contributed by atoms with Crippen LogP contribution in [0.4, 0.5) is 11.6 Å². The van der Waals surface area contributed by atoms with E-state index in [1.807, 2.05) is 48.5 Å². The van der Waals surface area contributed by atoms with Crippen molar-refractivity contribution in [3.63, 3.8) is 0 Å². The molecule has 0 saturated carbocycles. The van der Waals surface area contributed by atoms with Crippen LogP contribution >= 0.6 is 0 Å². The smallest absolute Gasteiger partial charge is 0.269 e. The van der Waals surface area contributed by atoms with Gasteiger partial charge in [0.25, 0.3) is 5.95 Å². The zero-order valence-corrected chi connectivity index (χ0v) is 15.4. The Bertz CT molecular complexity index is 1130. The molecule has 140 valence electrons. The molecule has 0 aliphatic carbocycles. The quantitative estimate of drug-likeness (QED) is 0.520. The van der Waals surface area contributed by atoms with E-state index in [-0.39, 0.29) is 0 Å². The van der Waals surface area contributed by atoms with E-state index in [4.69, 9.17) is 9.47 Å². The van der Waals surface area contributed by atoms with Crippen molar-refractivity contribution in [2.75, 3.05) is 19.5 Å². The van der Waals surface area contributed by atoms with Crippen LogP contribution in [-0.4, -0.2) is 40.8 Å². The number of aromatic nitrogens is 4. The molecule has 1 heterocycles. The number of anilines is 2. The van der Waals surface area contributed by atoms with Crippen LogP contribution in [0.1, 0.15) is 5.56 Å². The summed E-state index contributed by atoms with van der Waals surface area (Å²) in [4.78, 5) is 1.33. The number of ether oxygens (including phenoxy) is 2. The average molecular weight is 374 g/mol. The summed E-state index contributed by atoms with van der Waals surface area (Å²) in [6.45, 7) is 0. The van der Waals surface area contributed by atoms with Gasteiger partial charge in [-0.05, 0) is 45.6 Å². The van der Waals surface area contributed by atoms with Crippen LogP contribution < -0.4 is 14.8 Å². The molecule has 0 atom stereocenters. The van der Waals surface area contributed by atoms with Crippen LogP contribution in [0.3, 0.4) is 0 Å². The molecule has 0 aliphatic rings. The standard InChI is InChI=1S/C20H18N6O2/c1-27-18-11-10-14(12-19(18)28-2)13-21-26-20(23-24-25-26)22-17-9-5-7-15-6-3-4-8-16(15)17/h3-13H,1-2H3,(H,22,23,25). The number of benzene rings is 3. The predicted octanol–water partition coefficient (Wildman–Crippen LogP) is 3.47. The topological polar surface area (TPSA) is 86.5 Å². The Labute approximate surface area is 161 Å². The lowest BCUT2D eigenvalue weighted by atomic mass is 10.1. The molecule has 4 rings (SSSR count). The summed E-state index contributed by atoms with van der Waals surface area (Å²) >= 11 is 0. The van der Waals surface area contributed by atoms with Crippen molar-refractivity contribution >= 4 is 28.6 Å². The molecule has 4 aromatic rings. The summed E-state index contributed by atoms with van der Waals surface area (Å²) < 4.78 is 10.6. The maximum atomic E-state index is 5.31. The van der Waals surface area contributed by atoms with E-state index in [0.717, 1.165) is 22.0 Å². The lowest BCUT2D eigenvalue weighted by molar-refractivity contribution is 0.355. The second kappa shape index (κ2) is 7.75. The van der Waals surface area contributed by atoms with E-state index in [0.29, 0.717) is 17.4 Å². The second-order valence-corrected chi connectivity index (χ2v) is 5.90. The third-order valence-electron chi connectivity index (χ3n) is 4.21. The fraction of sp³-hybridized carbons (Fsp3) is 0.100. The number of nitrogens with zero attached hydrogens (tertiary/aromatic N) is 5. The highest BCUT2D eigenvalue weighted by molar-refractivity contribution is 5.94. The Kier molecular flexibility index (Phi) is 4.83. The minimum Gasteiger partial charge on any atom is -0.493 e. The molecule has 1 N–H and O–H groups in total. The Morgan fingerprint density at radius 3 is 2.64 bits per heavy atom. The largest absolute Gasteiger partial charge is 0.493 e. The number of tetrazole rings is 1. The summed E-state index contributed by atoms with van der Waals surface area (Å²) in [6, 6.07) is 19.6. The Hall–Kier alpha value is -3.94. The molecule has 28 heavy (non-hydrogen) atoms. The molecular weight excluding hydrogens is 356 g/mol. The minimum atomic E-state index is 0.410. The van der Waals surface area contributed by atoms with Gasteiger partial charge < -0.3 is 14.8 Å². The molecule has 0 fully saturated rings. The molecule has 8 nitrogen and oxygen atoms in total. The van der Waals surface area contributed by atoms with Gasteiger partial charge in [-0.3, -0.25) is 0 Å². The highest BCUT2D eigenvalue weighted by atomic mass is 16.5. The highest BCUT2D eigenvalue weighted by Gasteiger charge is 2.08. The fourth-order valence-electron chi connectivity index (χ4n) is 2.84. The molecule has 0 spiro atoms. The van der Waals surface area contributed by atoms with Crippen molar-refractivity contribution in [1.29, 1.82) is 0 Å². The van der Waals surface area contributed by atoms with Gasteiger partial charge in [-0.1, -0.05) is 46.3 Å². The molecule has 0 radical (unpaired) electrons. The van der Waals surface area contributed by atoms with Gasteiger partial charge in [-0.15, -0.1) is 0 Å². The van der Waals surface area contributed by atoms with Crippen molar-refractivity contribution in [1.82, 2.24) is 20.3 Å². The molecule has 0 aliphatic heterocycles. The van der Waals surface area contributed by atoms with Gasteiger partial charge in [-0.25, -0.2) is 0 Å². The summed E-state index contributed by atoms with van der Waals surface area (Å²) in [7, 11) is 3.18. The zero-order valence-electron chi connectivity index (χ0n) is 15.4. The second-order valence-electron chi connectivity index (χ2n) is 5.90. The zero-order chi connectivity index (χ0) is 19.3. The van der Waals surface area contributed by atoms with Gasteiger partial charge >= 0.3 is 0 Å². The maximum absolute atomic E-state index is 5.31. The number of hydrogen-bond acceptors (Lipinski definition) is 7. The van der Waals surface area contributed by atoms with E-state index in [2.05, 4.69) is 38.1 Å². The highest BCUT2D eigenvalue weighted by Crippen LogP contribution is 2.27. The molecule has 0 bridgehead atoms. The average Bonchev–Trinajstić information content (AvgIpc) is 3.19. The van der Waals surface area contributed by atoms with Crippen LogP contribution in [0, 0.1) is 0 Å². The van der Waals surface area contributed by atoms with Crippen molar-refractivity contribution in [2.45, 2.75) is 0 Å². The monoisotopic (exact) mass is 374 g/mol.